The molecule has 0 radical (unpaired) electrons. The maximum Gasteiger partial charge on any atom is 0.377 e. The van der Waals surface area contributed by atoms with E-state index in [9.17, 15) is 14.3 Å². The Hall–Kier alpha value is -2.86. The Morgan fingerprint density at radius 1 is 1.25 bits per heavy atom. The topological polar surface area (TPSA) is 72.6 Å². The molecule has 0 aliphatic carbocycles. The molecule has 1 N–H and O–H groups in total. The lowest BCUT2D eigenvalue weighted by Crippen LogP contribution is -2.01. The van der Waals surface area contributed by atoms with Gasteiger partial charge in [0.25, 0.3) is 11.6 Å². The Morgan fingerprint density at radius 2 is 2.00 bits per heavy atom. The lowest BCUT2D eigenvalue weighted by atomic mass is 10.2. The van der Waals surface area contributed by atoms with E-state index in [1.165, 1.54) is 18.2 Å². The maximum absolute atomic E-state index is 13.3. The average Bonchev–Trinajstić information content (AvgIpc) is 2.99. The van der Waals surface area contributed by atoms with Gasteiger partial charge in [-0.25, -0.2) is 9.18 Å². The fourth-order valence-corrected chi connectivity index (χ4v) is 2.14. The van der Waals surface area contributed by atoms with Gasteiger partial charge in [-0.2, -0.15) is 4.98 Å². The van der Waals surface area contributed by atoms with Crippen molar-refractivity contribution >= 4 is 17.6 Å². The quantitative estimate of drug-likeness (QED) is 0.740. The summed E-state index contributed by atoms with van der Waals surface area (Å²) in [5.41, 5.74) is 1.10. The Balaban J connectivity index is 1.86. The lowest BCUT2D eigenvalue weighted by Gasteiger charge is -2.03. The van der Waals surface area contributed by atoms with Gasteiger partial charge in [0, 0.05) is 10.6 Å². The number of carbonyl (C=O) groups is 1. The van der Waals surface area contributed by atoms with Crippen molar-refractivity contribution in [1.29, 1.82) is 0 Å². The van der Waals surface area contributed by atoms with Crippen molar-refractivity contribution in [2.75, 3.05) is 0 Å². The normalized spacial score (nSPS) is 10.6. The fourth-order valence-electron chi connectivity index (χ4n) is 2.02. The molecule has 0 fully saturated rings. The van der Waals surface area contributed by atoms with Crippen LogP contribution in [-0.4, -0.2) is 16.1 Å². The number of oxazole rings is 1. The van der Waals surface area contributed by atoms with E-state index in [-0.39, 0.29) is 18.4 Å². The first-order valence-electron chi connectivity index (χ1n) is 6.90. The standard InChI is InChI=1S/C17H11ClFNO4/c18-12-6-4-10(5-7-12)9-23-16-14(17(21)22)24-15(20-16)11-2-1-3-13(19)8-11/h1-8H,9H2,(H,21,22). The summed E-state index contributed by atoms with van der Waals surface area (Å²) >= 11 is 5.80. The SMILES string of the molecule is O=C(O)c1oc(-c2cccc(F)c2)nc1OCc1ccc(Cl)cc1. The average molecular weight is 348 g/mol. The van der Waals surface area contributed by atoms with Crippen LogP contribution in [-0.2, 0) is 6.61 Å². The number of rotatable bonds is 5. The molecule has 7 heteroatoms. The fraction of sp³-hybridized carbons (Fsp3) is 0.0588. The van der Waals surface area contributed by atoms with Gasteiger partial charge in [-0.15, -0.1) is 0 Å². The number of hydrogen-bond donors (Lipinski definition) is 1. The van der Waals surface area contributed by atoms with Gasteiger partial charge in [0.2, 0.25) is 5.89 Å². The third kappa shape index (κ3) is 3.55. The Morgan fingerprint density at radius 3 is 2.67 bits per heavy atom. The number of halogens is 2. The van der Waals surface area contributed by atoms with Crippen molar-refractivity contribution in [3.8, 4) is 17.3 Å². The minimum Gasteiger partial charge on any atom is -0.475 e. The van der Waals surface area contributed by atoms with Crippen LogP contribution in [0.5, 0.6) is 5.88 Å². The number of carboxylic acids is 1. The molecule has 0 amide bonds. The van der Waals surface area contributed by atoms with Crippen LogP contribution < -0.4 is 4.74 Å². The number of nitrogens with zero attached hydrogens (tertiary/aromatic N) is 1. The van der Waals surface area contributed by atoms with E-state index in [0.717, 1.165) is 5.56 Å². The number of aromatic carboxylic acids is 1. The molecule has 0 atom stereocenters. The summed E-state index contributed by atoms with van der Waals surface area (Å²) in [6.45, 7) is 0.0899. The van der Waals surface area contributed by atoms with Crippen molar-refractivity contribution in [1.82, 2.24) is 4.98 Å². The first kappa shape index (κ1) is 16.0. The largest absolute Gasteiger partial charge is 0.475 e. The minimum atomic E-state index is -1.32. The smallest absolute Gasteiger partial charge is 0.377 e. The number of hydrogen-bond acceptors (Lipinski definition) is 4. The van der Waals surface area contributed by atoms with Crippen molar-refractivity contribution in [2.24, 2.45) is 0 Å². The molecule has 0 spiro atoms. The van der Waals surface area contributed by atoms with Crippen molar-refractivity contribution in [2.45, 2.75) is 6.61 Å². The minimum absolute atomic E-state index is 0.0296. The van der Waals surface area contributed by atoms with Gasteiger partial charge in [-0.3, -0.25) is 0 Å². The zero-order valence-corrected chi connectivity index (χ0v) is 13.0. The van der Waals surface area contributed by atoms with Gasteiger partial charge >= 0.3 is 5.97 Å². The molecule has 0 bridgehead atoms. The second-order valence-electron chi connectivity index (χ2n) is 4.88. The molecule has 5 nitrogen and oxygen atoms in total. The van der Waals surface area contributed by atoms with E-state index in [4.69, 9.17) is 20.8 Å². The summed E-state index contributed by atoms with van der Waals surface area (Å²) < 4.78 is 23.9. The zero-order chi connectivity index (χ0) is 17.1. The van der Waals surface area contributed by atoms with E-state index in [1.54, 1.807) is 30.3 Å². The zero-order valence-electron chi connectivity index (χ0n) is 12.2. The second kappa shape index (κ2) is 6.72. The Kier molecular flexibility index (Phi) is 4.48. The van der Waals surface area contributed by atoms with Gasteiger partial charge in [-0.1, -0.05) is 29.8 Å². The second-order valence-corrected chi connectivity index (χ2v) is 5.32. The van der Waals surface area contributed by atoms with Crippen LogP contribution in [0.25, 0.3) is 11.5 Å². The molecular weight excluding hydrogens is 337 g/mol. The summed E-state index contributed by atoms with van der Waals surface area (Å²) in [6, 6.07) is 12.4. The highest BCUT2D eigenvalue weighted by atomic mass is 35.5. The number of ether oxygens (including phenoxy) is 1. The summed E-state index contributed by atoms with van der Waals surface area (Å²) in [5, 5.41) is 9.79. The molecule has 0 saturated heterocycles. The van der Waals surface area contributed by atoms with E-state index in [2.05, 4.69) is 4.98 Å². The van der Waals surface area contributed by atoms with Gasteiger partial charge < -0.3 is 14.3 Å². The summed E-state index contributed by atoms with van der Waals surface area (Å²) in [7, 11) is 0. The predicted octanol–water partition coefficient (Wildman–Crippen LogP) is 4.41. The summed E-state index contributed by atoms with van der Waals surface area (Å²) in [4.78, 5) is 15.3. The van der Waals surface area contributed by atoms with Crippen molar-refractivity contribution < 1.29 is 23.4 Å². The van der Waals surface area contributed by atoms with E-state index < -0.39 is 17.5 Å². The molecule has 122 valence electrons. The molecule has 0 unspecified atom stereocenters. The van der Waals surface area contributed by atoms with Gasteiger partial charge in [0.1, 0.15) is 12.4 Å². The molecule has 2 aromatic carbocycles. The third-order valence-corrected chi connectivity index (χ3v) is 3.40. The van der Waals surface area contributed by atoms with Gasteiger partial charge in [0.15, 0.2) is 0 Å². The monoisotopic (exact) mass is 347 g/mol. The van der Waals surface area contributed by atoms with Crippen LogP contribution in [0.2, 0.25) is 5.02 Å². The molecule has 3 aromatic rings. The molecular formula is C17H11ClFNO4. The molecule has 0 aliphatic rings. The van der Waals surface area contributed by atoms with Crippen LogP contribution >= 0.6 is 11.6 Å². The van der Waals surface area contributed by atoms with Gasteiger partial charge in [0.05, 0.1) is 0 Å². The molecule has 1 aromatic heterocycles. The van der Waals surface area contributed by atoms with Crippen LogP contribution in [0.3, 0.4) is 0 Å². The molecule has 0 aliphatic heterocycles. The Bertz CT molecular complexity index is 877. The third-order valence-electron chi connectivity index (χ3n) is 3.15. The first-order chi connectivity index (χ1) is 11.5. The van der Waals surface area contributed by atoms with Crippen LogP contribution in [0, 0.1) is 5.82 Å². The number of aromatic nitrogens is 1. The summed E-state index contributed by atoms with van der Waals surface area (Å²) in [6.07, 6.45) is 0. The van der Waals surface area contributed by atoms with Crippen LogP contribution in [0.15, 0.2) is 52.9 Å². The molecule has 1 heterocycles. The molecule has 24 heavy (non-hydrogen) atoms. The highest BCUT2D eigenvalue weighted by Gasteiger charge is 2.22. The highest BCUT2D eigenvalue weighted by molar-refractivity contribution is 6.30. The highest BCUT2D eigenvalue weighted by Crippen LogP contribution is 2.28. The Labute approximate surface area is 141 Å². The van der Waals surface area contributed by atoms with Crippen molar-refractivity contribution in [3.05, 3.63) is 70.7 Å². The summed E-state index contributed by atoms with van der Waals surface area (Å²) in [5.74, 6) is -2.44. The predicted molar refractivity (Wildman–Crippen MR) is 84.6 cm³/mol. The van der Waals surface area contributed by atoms with E-state index >= 15 is 0 Å². The maximum atomic E-state index is 13.3. The van der Waals surface area contributed by atoms with Crippen LogP contribution in [0.1, 0.15) is 16.1 Å². The molecule has 3 rings (SSSR count). The van der Waals surface area contributed by atoms with Gasteiger partial charge in [-0.05, 0) is 35.9 Å². The number of benzene rings is 2. The molecule has 0 saturated carbocycles. The number of carboxylic acid groups (broad SMARTS) is 1. The van der Waals surface area contributed by atoms with Crippen LogP contribution in [0.4, 0.5) is 4.39 Å². The first-order valence-corrected chi connectivity index (χ1v) is 7.28. The van der Waals surface area contributed by atoms with E-state index in [0.29, 0.717) is 10.6 Å². The van der Waals surface area contributed by atoms with Crippen molar-refractivity contribution in [3.63, 3.8) is 0 Å². The van der Waals surface area contributed by atoms with E-state index in [1.807, 2.05) is 0 Å². The lowest BCUT2D eigenvalue weighted by molar-refractivity contribution is 0.0656.